The van der Waals surface area contributed by atoms with E-state index in [9.17, 15) is 0 Å². The van der Waals surface area contributed by atoms with Gasteiger partial charge in [-0.2, -0.15) is 0 Å². The van der Waals surface area contributed by atoms with E-state index in [1.165, 1.54) is 38.0 Å². The standard InChI is InChI=1S/C12H20N2O/c1-13-8-11-2-5-14(6-3-11)9-12-4-7-15-10-12/h4,7,10-11,13H,2-3,5-6,8-9H2,1H3. The van der Waals surface area contributed by atoms with Gasteiger partial charge in [0.15, 0.2) is 0 Å². The van der Waals surface area contributed by atoms with E-state index < -0.39 is 0 Å². The Bertz CT molecular complexity index is 263. The molecule has 0 spiro atoms. The summed E-state index contributed by atoms with van der Waals surface area (Å²) in [7, 11) is 2.04. The minimum absolute atomic E-state index is 0.871. The van der Waals surface area contributed by atoms with Crippen LogP contribution in [0.2, 0.25) is 0 Å². The predicted octanol–water partition coefficient (Wildman–Crippen LogP) is 1.71. The molecule has 0 atom stereocenters. The third-order valence-electron chi connectivity index (χ3n) is 3.19. The summed E-state index contributed by atoms with van der Waals surface area (Å²) in [5, 5.41) is 3.26. The maximum absolute atomic E-state index is 5.08. The Hall–Kier alpha value is -0.800. The van der Waals surface area contributed by atoms with Gasteiger partial charge in [0.05, 0.1) is 12.5 Å². The minimum atomic E-state index is 0.871. The van der Waals surface area contributed by atoms with E-state index in [1.807, 2.05) is 13.3 Å². The molecule has 0 bridgehead atoms. The summed E-state index contributed by atoms with van der Waals surface area (Å²) in [4.78, 5) is 2.51. The van der Waals surface area contributed by atoms with E-state index in [0.29, 0.717) is 0 Å². The van der Waals surface area contributed by atoms with Crippen LogP contribution in [-0.4, -0.2) is 31.6 Å². The third kappa shape index (κ3) is 3.08. The van der Waals surface area contributed by atoms with Gasteiger partial charge in [-0.3, -0.25) is 4.90 Å². The number of hydrogen-bond acceptors (Lipinski definition) is 3. The fourth-order valence-electron chi connectivity index (χ4n) is 2.28. The Morgan fingerprint density at radius 2 is 2.27 bits per heavy atom. The van der Waals surface area contributed by atoms with Crippen LogP contribution >= 0.6 is 0 Å². The Balaban J connectivity index is 1.74. The van der Waals surface area contributed by atoms with Crippen molar-refractivity contribution in [3.8, 4) is 0 Å². The summed E-state index contributed by atoms with van der Waals surface area (Å²) in [6.45, 7) is 4.65. The van der Waals surface area contributed by atoms with Crippen molar-refractivity contribution in [2.45, 2.75) is 19.4 Å². The van der Waals surface area contributed by atoms with Gasteiger partial charge in [0.1, 0.15) is 0 Å². The van der Waals surface area contributed by atoms with Crippen molar-refractivity contribution in [3.63, 3.8) is 0 Å². The largest absolute Gasteiger partial charge is 0.472 e. The van der Waals surface area contributed by atoms with Gasteiger partial charge in [-0.1, -0.05) is 0 Å². The van der Waals surface area contributed by atoms with E-state index in [0.717, 1.165) is 12.5 Å². The summed E-state index contributed by atoms with van der Waals surface area (Å²) >= 11 is 0. The van der Waals surface area contributed by atoms with Crippen molar-refractivity contribution in [1.29, 1.82) is 0 Å². The minimum Gasteiger partial charge on any atom is -0.472 e. The monoisotopic (exact) mass is 208 g/mol. The van der Waals surface area contributed by atoms with Crippen molar-refractivity contribution >= 4 is 0 Å². The van der Waals surface area contributed by atoms with Gasteiger partial charge in [0.25, 0.3) is 0 Å². The Morgan fingerprint density at radius 1 is 1.47 bits per heavy atom. The molecule has 1 aliphatic heterocycles. The van der Waals surface area contributed by atoms with Gasteiger partial charge < -0.3 is 9.73 Å². The molecule has 15 heavy (non-hydrogen) atoms. The zero-order valence-corrected chi connectivity index (χ0v) is 9.41. The molecular formula is C12H20N2O. The van der Waals surface area contributed by atoms with E-state index in [-0.39, 0.29) is 0 Å². The zero-order chi connectivity index (χ0) is 10.5. The highest BCUT2D eigenvalue weighted by Gasteiger charge is 2.18. The van der Waals surface area contributed by atoms with Crippen molar-refractivity contribution < 1.29 is 4.42 Å². The van der Waals surface area contributed by atoms with Crippen LogP contribution < -0.4 is 5.32 Å². The van der Waals surface area contributed by atoms with Crippen LogP contribution in [0.5, 0.6) is 0 Å². The molecule has 2 heterocycles. The van der Waals surface area contributed by atoms with Crippen LogP contribution in [0, 0.1) is 5.92 Å². The van der Waals surface area contributed by atoms with Crippen molar-refractivity contribution in [3.05, 3.63) is 24.2 Å². The number of likely N-dealkylation sites (tertiary alicyclic amines) is 1. The smallest absolute Gasteiger partial charge is 0.0947 e. The van der Waals surface area contributed by atoms with Gasteiger partial charge in [-0.15, -0.1) is 0 Å². The Kier molecular flexibility index (Phi) is 3.80. The first-order chi connectivity index (χ1) is 7.38. The summed E-state index contributed by atoms with van der Waals surface area (Å²) in [6.07, 6.45) is 6.24. The van der Waals surface area contributed by atoms with Crippen LogP contribution in [0.4, 0.5) is 0 Å². The zero-order valence-electron chi connectivity index (χ0n) is 9.41. The molecule has 0 unspecified atom stereocenters. The van der Waals surface area contributed by atoms with E-state index in [2.05, 4.69) is 16.3 Å². The molecule has 3 nitrogen and oxygen atoms in total. The lowest BCUT2D eigenvalue weighted by Gasteiger charge is -2.31. The summed E-state index contributed by atoms with van der Waals surface area (Å²) < 4.78 is 5.08. The highest BCUT2D eigenvalue weighted by atomic mass is 16.3. The number of nitrogens with one attached hydrogen (secondary N) is 1. The molecule has 1 aliphatic rings. The number of hydrogen-bond donors (Lipinski definition) is 1. The number of piperidine rings is 1. The summed E-state index contributed by atoms with van der Waals surface area (Å²) in [6, 6.07) is 2.06. The molecule has 1 aromatic rings. The lowest BCUT2D eigenvalue weighted by atomic mass is 9.96. The molecular weight excluding hydrogens is 188 g/mol. The maximum atomic E-state index is 5.08. The molecule has 2 rings (SSSR count). The predicted molar refractivity (Wildman–Crippen MR) is 60.6 cm³/mol. The van der Waals surface area contributed by atoms with Crippen molar-refractivity contribution in [2.24, 2.45) is 5.92 Å². The molecule has 3 heteroatoms. The van der Waals surface area contributed by atoms with Gasteiger partial charge >= 0.3 is 0 Å². The first-order valence-electron chi connectivity index (χ1n) is 5.76. The van der Waals surface area contributed by atoms with Crippen LogP contribution in [-0.2, 0) is 6.54 Å². The molecule has 1 N–H and O–H groups in total. The maximum Gasteiger partial charge on any atom is 0.0947 e. The number of furan rings is 1. The van der Waals surface area contributed by atoms with Crippen LogP contribution in [0.3, 0.4) is 0 Å². The average Bonchev–Trinajstić information content (AvgIpc) is 2.74. The molecule has 1 fully saturated rings. The van der Waals surface area contributed by atoms with Crippen LogP contribution in [0.1, 0.15) is 18.4 Å². The van der Waals surface area contributed by atoms with Gasteiger partial charge in [-0.05, 0) is 51.5 Å². The number of nitrogens with zero attached hydrogens (tertiary/aromatic N) is 1. The second kappa shape index (κ2) is 5.33. The van der Waals surface area contributed by atoms with Crippen molar-refractivity contribution in [1.82, 2.24) is 10.2 Å². The second-order valence-electron chi connectivity index (χ2n) is 4.41. The highest BCUT2D eigenvalue weighted by Crippen LogP contribution is 2.18. The Labute approximate surface area is 91.4 Å². The summed E-state index contributed by atoms with van der Waals surface area (Å²) in [5.74, 6) is 0.871. The molecule has 0 aliphatic carbocycles. The molecule has 1 saturated heterocycles. The molecule has 84 valence electrons. The molecule has 1 aromatic heterocycles. The molecule has 0 amide bonds. The molecule has 0 aromatic carbocycles. The quantitative estimate of drug-likeness (QED) is 0.816. The fourth-order valence-corrected chi connectivity index (χ4v) is 2.28. The van der Waals surface area contributed by atoms with E-state index in [1.54, 1.807) is 6.26 Å². The highest BCUT2D eigenvalue weighted by molar-refractivity contribution is 5.05. The van der Waals surface area contributed by atoms with Crippen LogP contribution in [0.25, 0.3) is 0 Å². The normalized spacial score (nSPS) is 19.5. The molecule has 0 saturated carbocycles. The van der Waals surface area contributed by atoms with Crippen LogP contribution in [0.15, 0.2) is 23.0 Å². The first-order valence-corrected chi connectivity index (χ1v) is 5.76. The van der Waals surface area contributed by atoms with E-state index >= 15 is 0 Å². The lowest BCUT2D eigenvalue weighted by Crippen LogP contribution is -2.36. The number of rotatable bonds is 4. The second-order valence-corrected chi connectivity index (χ2v) is 4.41. The SMILES string of the molecule is CNCC1CCN(Cc2ccoc2)CC1. The average molecular weight is 208 g/mol. The lowest BCUT2D eigenvalue weighted by molar-refractivity contribution is 0.176. The fraction of sp³-hybridized carbons (Fsp3) is 0.667. The summed E-state index contributed by atoms with van der Waals surface area (Å²) in [5.41, 5.74) is 1.29. The Morgan fingerprint density at radius 3 is 2.87 bits per heavy atom. The van der Waals surface area contributed by atoms with Crippen molar-refractivity contribution in [2.75, 3.05) is 26.7 Å². The van der Waals surface area contributed by atoms with E-state index in [4.69, 9.17) is 4.42 Å². The van der Waals surface area contributed by atoms with Gasteiger partial charge in [-0.25, -0.2) is 0 Å². The topological polar surface area (TPSA) is 28.4 Å². The van der Waals surface area contributed by atoms with Gasteiger partial charge in [0, 0.05) is 12.1 Å². The first kappa shape index (κ1) is 10.7. The third-order valence-corrected chi connectivity index (χ3v) is 3.19. The van der Waals surface area contributed by atoms with Gasteiger partial charge in [0.2, 0.25) is 0 Å². The molecule has 0 radical (unpaired) electrons.